The number of carbonyl (C=O) groups excluding carboxylic acids is 4. The summed E-state index contributed by atoms with van der Waals surface area (Å²) in [6.45, 7) is 3.69. The van der Waals surface area contributed by atoms with Crippen molar-refractivity contribution in [1.82, 2.24) is 5.32 Å². The highest BCUT2D eigenvalue weighted by Gasteiger charge is 2.68. The summed E-state index contributed by atoms with van der Waals surface area (Å²) in [6.07, 6.45) is 6.81. The van der Waals surface area contributed by atoms with Gasteiger partial charge in [0.1, 0.15) is 11.4 Å². The molecule has 9 heteroatoms. The van der Waals surface area contributed by atoms with E-state index in [1.54, 1.807) is 31.4 Å². The number of carbonyl (C=O) groups is 4. The Bertz CT molecular complexity index is 1320. The number of ether oxygens (including phenoxy) is 2. The number of methoxy groups -OCH3 is 1. The number of aliphatic hydroxyl groups is 2. The SMILES string of the molecule is COc1ccc(CNC(=O)CCC(=O)OCC(=O)[C@@]2(O)CC[C@@H]3[C@@H]4CCC5=CC(=O)C=C[C@]5(C)[C@@H]4[C@H](O)C[C@@]32C)cc1. The molecule has 3 saturated carbocycles. The molecule has 0 aliphatic heterocycles. The van der Waals surface area contributed by atoms with Crippen molar-refractivity contribution in [3.8, 4) is 5.75 Å². The summed E-state index contributed by atoms with van der Waals surface area (Å²) in [6, 6.07) is 7.26. The Hall–Kier alpha value is -3.30. The molecule has 0 bridgehead atoms. The first kappa shape index (κ1) is 30.2. The fourth-order valence-corrected chi connectivity index (χ4v) is 8.37. The van der Waals surface area contributed by atoms with Crippen LogP contribution in [0.25, 0.3) is 0 Å². The first-order chi connectivity index (χ1) is 19.9. The number of nitrogens with one attached hydrogen (secondary N) is 1. The largest absolute Gasteiger partial charge is 0.497 e. The van der Waals surface area contributed by atoms with E-state index in [0.29, 0.717) is 18.7 Å². The zero-order chi connectivity index (χ0) is 30.3. The third kappa shape index (κ3) is 5.22. The highest BCUT2D eigenvalue weighted by molar-refractivity contribution is 6.01. The minimum absolute atomic E-state index is 0.00866. The third-order valence-corrected chi connectivity index (χ3v) is 10.7. The van der Waals surface area contributed by atoms with Crippen molar-refractivity contribution in [2.24, 2.45) is 28.6 Å². The van der Waals surface area contributed by atoms with Crippen molar-refractivity contribution in [2.75, 3.05) is 13.7 Å². The molecule has 1 amide bonds. The lowest BCUT2D eigenvalue weighted by atomic mass is 9.46. The number of benzene rings is 1. The number of hydrogen-bond acceptors (Lipinski definition) is 8. The van der Waals surface area contributed by atoms with Gasteiger partial charge < -0.3 is 25.0 Å². The third-order valence-electron chi connectivity index (χ3n) is 10.7. The summed E-state index contributed by atoms with van der Waals surface area (Å²) in [5, 5.41) is 26.0. The first-order valence-electron chi connectivity index (χ1n) is 14.8. The molecular formula is C33H41NO8. The Morgan fingerprint density at radius 1 is 1.10 bits per heavy atom. The van der Waals surface area contributed by atoms with E-state index in [-0.39, 0.29) is 55.1 Å². The van der Waals surface area contributed by atoms with Gasteiger partial charge in [0.05, 0.1) is 19.6 Å². The van der Waals surface area contributed by atoms with E-state index in [2.05, 4.69) is 12.2 Å². The molecule has 0 unspecified atom stereocenters. The fourth-order valence-electron chi connectivity index (χ4n) is 8.37. The molecule has 5 rings (SSSR count). The van der Waals surface area contributed by atoms with Crippen LogP contribution in [0.2, 0.25) is 0 Å². The van der Waals surface area contributed by atoms with Crippen LogP contribution >= 0.6 is 0 Å². The van der Waals surface area contributed by atoms with Crippen LogP contribution < -0.4 is 10.1 Å². The average Bonchev–Trinajstić information content (AvgIpc) is 3.24. The summed E-state index contributed by atoms with van der Waals surface area (Å²) < 4.78 is 10.3. The predicted molar refractivity (Wildman–Crippen MR) is 153 cm³/mol. The van der Waals surface area contributed by atoms with Gasteiger partial charge in [-0.1, -0.05) is 37.6 Å². The van der Waals surface area contributed by atoms with E-state index in [0.717, 1.165) is 24.0 Å². The van der Waals surface area contributed by atoms with Crippen molar-refractivity contribution in [3.63, 3.8) is 0 Å². The Morgan fingerprint density at radius 3 is 2.55 bits per heavy atom. The Kier molecular flexibility index (Phi) is 8.20. The first-order valence-corrected chi connectivity index (χ1v) is 14.8. The summed E-state index contributed by atoms with van der Waals surface area (Å²) in [5.74, 6) is -0.899. The highest BCUT2D eigenvalue weighted by atomic mass is 16.5. The number of amides is 1. The molecule has 4 aliphatic rings. The van der Waals surface area contributed by atoms with Crippen LogP contribution in [0.3, 0.4) is 0 Å². The van der Waals surface area contributed by atoms with Crippen LogP contribution in [-0.4, -0.2) is 59.1 Å². The van der Waals surface area contributed by atoms with Gasteiger partial charge in [-0.2, -0.15) is 0 Å². The van der Waals surface area contributed by atoms with Gasteiger partial charge >= 0.3 is 5.97 Å². The maximum absolute atomic E-state index is 13.4. The second-order valence-electron chi connectivity index (χ2n) is 12.8. The van der Waals surface area contributed by atoms with Gasteiger partial charge in [0.2, 0.25) is 11.7 Å². The minimum Gasteiger partial charge on any atom is -0.497 e. The molecule has 3 fully saturated rings. The number of aliphatic hydroxyl groups excluding tert-OH is 1. The number of allylic oxidation sites excluding steroid dienone is 4. The van der Waals surface area contributed by atoms with Crippen molar-refractivity contribution in [2.45, 2.75) is 77.0 Å². The summed E-state index contributed by atoms with van der Waals surface area (Å²) in [4.78, 5) is 50.0. The van der Waals surface area contributed by atoms with Gasteiger partial charge in [0.25, 0.3) is 0 Å². The van der Waals surface area contributed by atoms with E-state index in [1.165, 1.54) is 0 Å². The van der Waals surface area contributed by atoms with Gasteiger partial charge in [-0.15, -0.1) is 0 Å². The fraction of sp³-hybridized carbons (Fsp3) is 0.576. The molecule has 4 aliphatic carbocycles. The van der Waals surface area contributed by atoms with E-state index in [1.807, 2.05) is 25.1 Å². The van der Waals surface area contributed by atoms with Crippen LogP contribution in [0.5, 0.6) is 5.75 Å². The smallest absolute Gasteiger partial charge is 0.306 e. The zero-order valence-corrected chi connectivity index (χ0v) is 24.6. The molecule has 0 spiro atoms. The maximum Gasteiger partial charge on any atom is 0.306 e. The monoisotopic (exact) mass is 579 g/mol. The molecule has 226 valence electrons. The molecular weight excluding hydrogens is 538 g/mol. The maximum atomic E-state index is 13.4. The van der Waals surface area contributed by atoms with Crippen molar-refractivity contribution in [1.29, 1.82) is 0 Å². The standard InChI is InChI=1S/C33H41NO8/c1-31-14-12-22(35)16-21(31)6-9-24-25-13-15-33(40,32(25,2)17-26(36)30(24)31)27(37)19-42-29(39)11-10-28(38)34-18-20-4-7-23(41-3)8-5-20/h4-5,7-8,12,14,16,24-26,30,36,40H,6,9-11,13,15,17-19H2,1-3H3,(H,34,38)/t24-,25+,26+,30-,31-,32-,33-/m0/s1. The number of hydrogen-bond donors (Lipinski definition) is 3. The lowest BCUT2D eigenvalue weighted by Crippen LogP contribution is -2.61. The second-order valence-corrected chi connectivity index (χ2v) is 12.8. The molecule has 1 aromatic carbocycles. The Balaban J connectivity index is 1.15. The van der Waals surface area contributed by atoms with Crippen LogP contribution in [0, 0.1) is 28.6 Å². The molecule has 3 N–H and O–H groups in total. The number of Topliss-reactive ketones (excluding diaryl/α,β-unsaturated/α-hetero) is 1. The van der Waals surface area contributed by atoms with Crippen LogP contribution in [0.4, 0.5) is 0 Å². The summed E-state index contributed by atoms with van der Waals surface area (Å²) in [5.41, 5.74) is -1.10. The normalized spacial score (nSPS) is 34.9. The van der Waals surface area contributed by atoms with Gasteiger partial charge in [-0.05, 0) is 73.8 Å². The molecule has 0 saturated heterocycles. The molecule has 1 aromatic rings. The molecule has 7 atom stereocenters. The summed E-state index contributed by atoms with van der Waals surface area (Å²) >= 11 is 0. The van der Waals surface area contributed by atoms with E-state index in [9.17, 15) is 29.4 Å². The zero-order valence-electron chi connectivity index (χ0n) is 24.6. The van der Waals surface area contributed by atoms with Crippen LogP contribution in [0.15, 0.2) is 48.1 Å². The van der Waals surface area contributed by atoms with Crippen molar-refractivity contribution in [3.05, 3.63) is 53.6 Å². The predicted octanol–water partition coefficient (Wildman–Crippen LogP) is 3.21. The molecule has 9 nitrogen and oxygen atoms in total. The number of esters is 1. The topological polar surface area (TPSA) is 139 Å². The highest BCUT2D eigenvalue weighted by Crippen LogP contribution is 2.67. The van der Waals surface area contributed by atoms with Crippen molar-refractivity contribution >= 4 is 23.4 Å². The summed E-state index contributed by atoms with van der Waals surface area (Å²) in [7, 11) is 1.58. The average molecular weight is 580 g/mol. The number of fused-ring (bicyclic) bond motifs is 5. The van der Waals surface area contributed by atoms with Gasteiger partial charge in [0.15, 0.2) is 12.4 Å². The molecule has 0 aromatic heterocycles. The van der Waals surface area contributed by atoms with Gasteiger partial charge in [-0.3, -0.25) is 19.2 Å². The van der Waals surface area contributed by atoms with E-state index >= 15 is 0 Å². The molecule has 0 radical (unpaired) electrons. The lowest BCUT2D eigenvalue weighted by Gasteiger charge is -2.59. The Labute approximate surface area is 246 Å². The van der Waals surface area contributed by atoms with E-state index < -0.39 is 40.9 Å². The van der Waals surface area contributed by atoms with Gasteiger partial charge in [0, 0.05) is 29.7 Å². The molecule has 42 heavy (non-hydrogen) atoms. The molecule has 0 heterocycles. The second kappa shape index (κ2) is 11.4. The van der Waals surface area contributed by atoms with Crippen LogP contribution in [-0.2, 0) is 30.5 Å². The quantitative estimate of drug-likeness (QED) is 0.379. The minimum atomic E-state index is -1.73. The van der Waals surface area contributed by atoms with Crippen LogP contribution in [0.1, 0.15) is 64.4 Å². The van der Waals surface area contributed by atoms with Gasteiger partial charge in [-0.25, -0.2) is 0 Å². The van der Waals surface area contributed by atoms with E-state index in [4.69, 9.17) is 9.47 Å². The number of ketones is 2. The lowest BCUT2D eigenvalue weighted by molar-refractivity contribution is -0.181. The van der Waals surface area contributed by atoms with Crippen molar-refractivity contribution < 1.29 is 38.9 Å². The number of rotatable bonds is 9. The Morgan fingerprint density at radius 2 is 1.83 bits per heavy atom.